The van der Waals surface area contributed by atoms with Crippen LogP contribution in [0.1, 0.15) is 56.2 Å². The second-order valence-electron chi connectivity index (χ2n) is 9.53. The lowest BCUT2D eigenvalue weighted by atomic mass is 9.66. The molecule has 0 saturated heterocycles. The Kier molecular flexibility index (Phi) is 6.87. The maximum absolute atomic E-state index is 12.9. The van der Waals surface area contributed by atoms with Crippen molar-refractivity contribution in [2.75, 3.05) is 7.11 Å². The highest BCUT2D eigenvalue weighted by Crippen LogP contribution is 2.53. The molecule has 4 unspecified atom stereocenters. The fourth-order valence-corrected chi connectivity index (χ4v) is 5.54. The van der Waals surface area contributed by atoms with Gasteiger partial charge in [0.1, 0.15) is 5.75 Å². The molecule has 4 heteroatoms. The molecule has 34 heavy (non-hydrogen) atoms. The average Bonchev–Trinajstić information content (AvgIpc) is 3.19. The van der Waals surface area contributed by atoms with E-state index in [1.54, 1.807) is 0 Å². The lowest BCUT2D eigenvalue weighted by molar-refractivity contribution is -0.148. The van der Waals surface area contributed by atoms with Crippen LogP contribution in [0.15, 0.2) is 72.3 Å². The minimum Gasteiger partial charge on any atom is -0.469 e. The van der Waals surface area contributed by atoms with Gasteiger partial charge in [-0.15, -0.1) is 0 Å². The lowest BCUT2D eigenvalue weighted by Crippen LogP contribution is -2.36. The molecule has 0 heterocycles. The van der Waals surface area contributed by atoms with E-state index in [1.165, 1.54) is 30.7 Å². The standard InChI is InChI=1S/C30H32O4/c1-18(2)24-8-6-7-21(15-24)14-22-16-25-13-19(3)28(30(32)33-5)29(27(25)17-22)23-9-11-26(12-10-23)34-20(4)31/h6-15,19,27-29H,1,16-17H2,2-5H3. The van der Waals surface area contributed by atoms with Crippen LogP contribution >= 0.6 is 0 Å². The van der Waals surface area contributed by atoms with E-state index in [2.05, 4.69) is 49.9 Å². The van der Waals surface area contributed by atoms with Crippen molar-refractivity contribution in [1.82, 2.24) is 0 Å². The zero-order valence-corrected chi connectivity index (χ0v) is 20.3. The number of allylic oxidation sites excluding steroid dienone is 4. The van der Waals surface area contributed by atoms with E-state index < -0.39 is 0 Å². The minimum absolute atomic E-state index is 0.00137. The molecule has 0 radical (unpaired) electrons. The van der Waals surface area contributed by atoms with E-state index in [0.717, 1.165) is 29.5 Å². The van der Waals surface area contributed by atoms with Crippen LogP contribution < -0.4 is 4.74 Å². The average molecular weight is 457 g/mol. The first-order valence-corrected chi connectivity index (χ1v) is 11.8. The van der Waals surface area contributed by atoms with Gasteiger partial charge in [0.2, 0.25) is 0 Å². The van der Waals surface area contributed by atoms with Gasteiger partial charge in [-0.25, -0.2) is 0 Å². The van der Waals surface area contributed by atoms with Gasteiger partial charge in [0.15, 0.2) is 0 Å². The number of benzene rings is 2. The van der Waals surface area contributed by atoms with E-state index in [4.69, 9.17) is 9.47 Å². The topological polar surface area (TPSA) is 52.6 Å². The van der Waals surface area contributed by atoms with Crippen molar-refractivity contribution in [2.24, 2.45) is 17.8 Å². The molecule has 1 saturated carbocycles. The fraction of sp³-hybridized carbons (Fsp3) is 0.333. The number of rotatable bonds is 5. The summed E-state index contributed by atoms with van der Waals surface area (Å²) in [6.07, 6.45) is 6.38. The number of ether oxygens (including phenoxy) is 2. The van der Waals surface area contributed by atoms with Gasteiger partial charge < -0.3 is 9.47 Å². The van der Waals surface area contributed by atoms with Crippen molar-refractivity contribution in [3.05, 3.63) is 89.0 Å². The van der Waals surface area contributed by atoms with Gasteiger partial charge in [-0.05, 0) is 66.5 Å². The van der Waals surface area contributed by atoms with Gasteiger partial charge in [-0.2, -0.15) is 0 Å². The molecule has 176 valence electrons. The zero-order chi connectivity index (χ0) is 24.4. The molecular formula is C30H32O4. The van der Waals surface area contributed by atoms with E-state index in [-0.39, 0.29) is 35.6 Å². The number of methoxy groups -OCH3 is 1. The van der Waals surface area contributed by atoms with Crippen LogP contribution in [0.3, 0.4) is 0 Å². The van der Waals surface area contributed by atoms with E-state index >= 15 is 0 Å². The van der Waals surface area contributed by atoms with Crippen molar-refractivity contribution in [1.29, 1.82) is 0 Å². The maximum Gasteiger partial charge on any atom is 0.309 e. The first-order valence-electron chi connectivity index (χ1n) is 11.8. The third kappa shape index (κ3) is 4.91. The summed E-state index contributed by atoms with van der Waals surface area (Å²) in [6, 6.07) is 16.0. The summed E-state index contributed by atoms with van der Waals surface area (Å²) in [5.41, 5.74) is 7.21. The second kappa shape index (κ2) is 9.84. The number of carbonyl (C=O) groups is 2. The zero-order valence-electron chi connectivity index (χ0n) is 20.3. The largest absolute Gasteiger partial charge is 0.469 e. The normalized spacial score (nSPS) is 24.8. The minimum atomic E-state index is -0.349. The SMILES string of the molecule is C=C(C)c1cccc(C=C2CC3=CC(C)C(C(=O)OC)C(c4ccc(OC(C)=O)cc4)C3C2)c1. The first-order chi connectivity index (χ1) is 16.3. The number of carbonyl (C=O) groups excluding carboxylic acids is 2. The Morgan fingerprint density at radius 1 is 1.09 bits per heavy atom. The molecule has 4 atom stereocenters. The van der Waals surface area contributed by atoms with Crippen LogP contribution in [0.25, 0.3) is 11.6 Å². The van der Waals surface area contributed by atoms with E-state index in [9.17, 15) is 9.59 Å². The molecule has 4 nitrogen and oxygen atoms in total. The quantitative estimate of drug-likeness (QED) is 0.289. The van der Waals surface area contributed by atoms with Gasteiger partial charge in [-0.3, -0.25) is 9.59 Å². The molecule has 0 aromatic heterocycles. The highest BCUT2D eigenvalue weighted by Gasteiger charge is 2.46. The third-order valence-electron chi connectivity index (χ3n) is 7.00. The highest BCUT2D eigenvalue weighted by atomic mass is 16.5. The van der Waals surface area contributed by atoms with Crippen LogP contribution in [-0.4, -0.2) is 19.0 Å². The van der Waals surface area contributed by atoms with Crippen molar-refractivity contribution < 1.29 is 19.1 Å². The Morgan fingerprint density at radius 2 is 1.82 bits per heavy atom. The van der Waals surface area contributed by atoms with Crippen molar-refractivity contribution in [3.63, 3.8) is 0 Å². The summed E-state index contributed by atoms with van der Waals surface area (Å²) in [6.45, 7) is 9.57. The molecule has 2 aromatic rings. The van der Waals surface area contributed by atoms with E-state index in [1.807, 2.05) is 31.2 Å². The molecule has 2 aliphatic carbocycles. The number of hydrogen-bond acceptors (Lipinski definition) is 4. The Labute approximate surface area is 202 Å². The summed E-state index contributed by atoms with van der Waals surface area (Å²) < 4.78 is 10.4. The summed E-state index contributed by atoms with van der Waals surface area (Å²) in [5.74, 6) is 0.0283. The predicted molar refractivity (Wildman–Crippen MR) is 135 cm³/mol. The molecule has 0 amide bonds. The van der Waals surface area contributed by atoms with Crippen molar-refractivity contribution in [3.8, 4) is 5.75 Å². The van der Waals surface area contributed by atoms with Gasteiger partial charge in [0, 0.05) is 12.8 Å². The number of esters is 2. The predicted octanol–water partition coefficient (Wildman–Crippen LogP) is 6.59. The molecule has 0 aliphatic heterocycles. The highest BCUT2D eigenvalue weighted by molar-refractivity contribution is 5.75. The second-order valence-corrected chi connectivity index (χ2v) is 9.53. The lowest BCUT2D eigenvalue weighted by Gasteiger charge is -2.38. The van der Waals surface area contributed by atoms with E-state index in [0.29, 0.717) is 5.75 Å². The van der Waals surface area contributed by atoms with Crippen molar-refractivity contribution >= 4 is 23.6 Å². The first kappa shape index (κ1) is 23.7. The molecule has 0 N–H and O–H groups in total. The van der Waals surface area contributed by atoms with Crippen LogP contribution in [0.4, 0.5) is 0 Å². The van der Waals surface area contributed by atoms with Crippen molar-refractivity contribution in [2.45, 2.75) is 39.5 Å². The summed E-state index contributed by atoms with van der Waals surface area (Å²) >= 11 is 0. The summed E-state index contributed by atoms with van der Waals surface area (Å²) in [5, 5.41) is 0. The van der Waals surface area contributed by atoms with Crippen LogP contribution in [0.5, 0.6) is 5.75 Å². The molecule has 2 aliphatic rings. The van der Waals surface area contributed by atoms with Crippen LogP contribution in [-0.2, 0) is 14.3 Å². The molecule has 1 fully saturated rings. The number of fused-ring (bicyclic) bond motifs is 1. The monoisotopic (exact) mass is 456 g/mol. The maximum atomic E-state index is 12.9. The molecule has 4 rings (SSSR count). The Hall–Kier alpha value is -3.40. The van der Waals surface area contributed by atoms with Gasteiger partial charge in [0.05, 0.1) is 13.0 Å². The van der Waals surface area contributed by atoms with Crippen LogP contribution in [0, 0.1) is 17.8 Å². The fourth-order valence-electron chi connectivity index (χ4n) is 5.54. The molecular weight excluding hydrogens is 424 g/mol. The summed E-state index contributed by atoms with van der Waals surface area (Å²) in [7, 11) is 1.46. The summed E-state index contributed by atoms with van der Waals surface area (Å²) in [4.78, 5) is 24.2. The molecule has 2 aromatic carbocycles. The Balaban J connectivity index is 1.69. The van der Waals surface area contributed by atoms with Gasteiger partial charge in [-0.1, -0.05) is 72.7 Å². The van der Waals surface area contributed by atoms with Crippen LogP contribution in [0.2, 0.25) is 0 Å². The molecule has 0 spiro atoms. The molecule has 0 bridgehead atoms. The number of hydrogen-bond donors (Lipinski definition) is 0. The van der Waals surface area contributed by atoms with Gasteiger partial charge >= 0.3 is 11.9 Å². The Morgan fingerprint density at radius 3 is 2.47 bits per heavy atom. The Bertz CT molecular complexity index is 1170. The third-order valence-corrected chi connectivity index (χ3v) is 7.00. The van der Waals surface area contributed by atoms with Gasteiger partial charge in [0.25, 0.3) is 0 Å². The smallest absolute Gasteiger partial charge is 0.309 e.